The average Bonchev–Trinajstić information content (AvgIpc) is 2.95. The molecule has 0 radical (unpaired) electrons. The first-order valence-electron chi connectivity index (χ1n) is 6.59. The van der Waals surface area contributed by atoms with Crippen LogP contribution in [-0.4, -0.2) is 50.1 Å². The molecule has 1 aromatic carbocycles. The van der Waals surface area contributed by atoms with Crippen LogP contribution in [0.1, 0.15) is 11.1 Å². The number of amidine groups is 1. The van der Waals surface area contributed by atoms with Gasteiger partial charge in [-0.1, -0.05) is 24.3 Å². The van der Waals surface area contributed by atoms with E-state index in [0.717, 1.165) is 51.8 Å². The Labute approximate surface area is 108 Å². The summed E-state index contributed by atoms with van der Waals surface area (Å²) in [6.07, 6.45) is 0. The fraction of sp³-hybridized carbons (Fsp3) is 0.500. The highest BCUT2D eigenvalue weighted by Gasteiger charge is 2.11. The summed E-state index contributed by atoms with van der Waals surface area (Å²) >= 11 is 0. The van der Waals surface area contributed by atoms with Crippen LogP contribution in [0.3, 0.4) is 0 Å². The molecule has 0 spiro atoms. The van der Waals surface area contributed by atoms with Crippen molar-refractivity contribution in [3.05, 3.63) is 35.4 Å². The highest BCUT2D eigenvalue weighted by Crippen LogP contribution is 2.10. The van der Waals surface area contributed by atoms with E-state index in [1.807, 2.05) is 0 Å². The molecule has 0 saturated carbocycles. The van der Waals surface area contributed by atoms with Crippen LogP contribution in [0.5, 0.6) is 0 Å². The predicted molar refractivity (Wildman–Crippen MR) is 71.9 cm³/mol. The number of nitrogens with one attached hydrogen (secondary N) is 1. The molecule has 1 N–H and O–H groups in total. The maximum Gasteiger partial charge on any atom is 0.128 e. The average molecular weight is 245 g/mol. The van der Waals surface area contributed by atoms with Crippen molar-refractivity contribution >= 4 is 5.84 Å². The molecule has 18 heavy (non-hydrogen) atoms. The van der Waals surface area contributed by atoms with Crippen LogP contribution in [0.4, 0.5) is 0 Å². The number of ether oxygens (including phenoxy) is 1. The van der Waals surface area contributed by atoms with Gasteiger partial charge in [-0.05, 0) is 5.56 Å². The lowest BCUT2D eigenvalue weighted by molar-refractivity contribution is 0.0342. The van der Waals surface area contributed by atoms with E-state index in [0.29, 0.717) is 0 Å². The zero-order valence-corrected chi connectivity index (χ0v) is 10.6. The number of rotatable bonds is 3. The third-order valence-corrected chi connectivity index (χ3v) is 3.41. The van der Waals surface area contributed by atoms with Crippen molar-refractivity contribution in [2.75, 3.05) is 39.4 Å². The molecule has 2 aliphatic heterocycles. The fourth-order valence-electron chi connectivity index (χ4n) is 2.38. The standard InChI is InChI=1S/C14H19N3O/c1-3-13(14-15-5-6-16-14)4-2-12(1)11-17-7-9-18-10-8-17/h1-4H,5-11H2,(H,15,16). The second-order valence-corrected chi connectivity index (χ2v) is 4.74. The predicted octanol–water partition coefficient (Wildman–Crippen LogP) is 0.869. The molecule has 1 saturated heterocycles. The second kappa shape index (κ2) is 5.50. The van der Waals surface area contributed by atoms with Crippen molar-refractivity contribution in [2.45, 2.75) is 6.54 Å². The van der Waals surface area contributed by atoms with Gasteiger partial charge in [-0.15, -0.1) is 0 Å². The van der Waals surface area contributed by atoms with Gasteiger partial charge in [-0.25, -0.2) is 0 Å². The van der Waals surface area contributed by atoms with Crippen LogP contribution >= 0.6 is 0 Å². The van der Waals surface area contributed by atoms with Gasteiger partial charge < -0.3 is 10.1 Å². The summed E-state index contributed by atoms with van der Waals surface area (Å²) in [6, 6.07) is 8.72. The molecule has 2 aliphatic rings. The molecule has 0 aromatic heterocycles. The van der Waals surface area contributed by atoms with E-state index in [9.17, 15) is 0 Å². The van der Waals surface area contributed by atoms with Crippen molar-refractivity contribution in [2.24, 2.45) is 4.99 Å². The van der Waals surface area contributed by atoms with Gasteiger partial charge in [0.15, 0.2) is 0 Å². The Kier molecular flexibility index (Phi) is 3.57. The third kappa shape index (κ3) is 2.71. The van der Waals surface area contributed by atoms with Crippen LogP contribution < -0.4 is 5.32 Å². The molecule has 4 nitrogen and oxygen atoms in total. The van der Waals surface area contributed by atoms with Gasteiger partial charge in [0.2, 0.25) is 0 Å². The van der Waals surface area contributed by atoms with E-state index in [1.54, 1.807) is 0 Å². The molecule has 96 valence electrons. The van der Waals surface area contributed by atoms with Crippen molar-refractivity contribution in [1.82, 2.24) is 10.2 Å². The van der Waals surface area contributed by atoms with Crippen LogP contribution in [0.25, 0.3) is 0 Å². The molecule has 0 aliphatic carbocycles. The molecule has 3 rings (SSSR count). The highest BCUT2D eigenvalue weighted by molar-refractivity contribution is 5.99. The topological polar surface area (TPSA) is 36.9 Å². The Balaban J connectivity index is 1.63. The number of benzene rings is 1. The van der Waals surface area contributed by atoms with E-state index in [-0.39, 0.29) is 0 Å². The fourth-order valence-corrected chi connectivity index (χ4v) is 2.38. The Bertz CT molecular complexity index is 421. The van der Waals surface area contributed by atoms with Crippen molar-refractivity contribution in [3.63, 3.8) is 0 Å². The minimum atomic E-state index is 0.860. The molecule has 0 atom stereocenters. The van der Waals surface area contributed by atoms with E-state index in [1.165, 1.54) is 11.1 Å². The minimum absolute atomic E-state index is 0.860. The third-order valence-electron chi connectivity index (χ3n) is 3.41. The zero-order chi connectivity index (χ0) is 12.2. The molecular weight excluding hydrogens is 226 g/mol. The summed E-state index contributed by atoms with van der Waals surface area (Å²) in [5.41, 5.74) is 2.55. The van der Waals surface area contributed by atoms with Gasteiger partial charge in [0.1, 0.15) is 5.84 Å². The minimum Gasteiger partial charge on any atom is -0.379 e. The summed E-state index contributed by atoms with van der Waals surface area (Å²) in [7, 11) is 0. The molecule has 0 amide bonds. The maximum atomic E-state index is 5.36. The summed E-state index contributed by atoms with van der Waals surface area (Å²) in [6.45, 7) is 6.67. The summed E-state index contributed by atoms with van der Waals surface area (Å²) in [4.78, 5) is 6.86. The first-order chi connectivity index (χ1) is 8.92. The highest BCUT2D eigenvalue weighted by atomic mass is 16.5. The van der Waals surface area contributed by atoms with Gasteiger partial charge in [0, 0.05) is 31.7 Å². The van der Waals surface area contributed by atoms with Gasteiger partial charge in [0.25, 0.3) is 0 Å². The van der Waals surface area contributed by atoms with Crippen molar-refractivity contribution < 1.29 is 4.74 Å². The summed E-state index contributed by atoms with van der Waals surface area (Å²) in [5, 5.41) is 3.30. The number of nitrogens with zero attached hydrogens (tertiary/aromatic N) is 2. The molecule has 1 aromatic rings. The van der Waals surface area contributed by atoms with Crippen molar-refractivity contribution in [1.29, 1.82) is 0 Å². The molecular formula is C14H19N3O. The smallest absolute Gasteiger partial charge is 0.128 e. The second-order valence-electron chi connectivity index (χ2n) is 4.74. The number of morpholine rings is 1. The molecule has 1 fully saturated rings. The Morgan fingerprint density at radius 3 is 2.61 bits per heavy atom. The maximum absolute atomic E-state index is 5.36. The van der Waals surface area contributed by atoms with E-state index in [2.05, 4.69) is 39.5 Å². The van der Waals surface area contributed by atoms with Gasteiger partial charge in [-0.3, -0.25) is 9.89 Å². The SMILES string of the molecule is c1cc(C2=NCCN2)ccc1CN1CCOCC1. The number of aliphatic imine (C=N–C) groups is 1. The largest absolute Gasteiger partial charge is 0.379 e. The first kappa shape index (κ1) is 11.7. The lowest BCUT2D eigenvalue weighted by atomic mass is 10.1. The van der Waals surface area contributed by atoms with E-state index < -0.39 is 0 Å². The van der Waals surface area contributed by atoms with E-state index in [4.69, 9.17) is 4.74 Å². The zero-order valence-electron chi connectivity index (χ0n) is 10.6. The quantitative estimate of drug-likeness (QED) is 0.858. The Morgan fingerprint density at radius 1 is 1.17 bits per heavy atom. The van der Waals surface area contributed by atoms with Crippen LogP contribution in [0, 0.1) is 0 Å². The number of hydrogen-bond acceptors (Lipinski definition) is 4. The van der Waals surface area contributed by atoms with Crippen LogP contribution in [0.15, 0.2) is 29.3 Å². The monoisotopic (exact) mass is 245 g/mol. The van der Waals surface area contributed by atoms with Gasteiger partial charge in [0.05, 0.1) is 19.8 Å². The molecule has 2 heterocycles. The Morgan fingerprint density at radius 2 is 1.94 bits per heavy atom. The van der Waals surface area contributed by atoms with Gasteiger partial charge >= 0.3 is 0 Å². The number of hydrogen-bond donors (Lipinski definition) is 1. The normalized spacial score (nSPS) is 20.6. The van der Waals surface area contributed by atoms with Crippen LogP contribution in [0.2, 0.25) is 0 Å². The first-order valence-corrected chi connectivity index (χ1v) is 6.59. The van der Waals surface area contributed by atoms with Crippen molar-refractivity contribution in [3.8, 4) is 0 Å². The molecule has 0 unspecified atom stereocenters. The van der Waals surface area contributed by atoms with Gasteiger partial charge in [-0.2, -0.15) is 0 Å². The lowest BCUT2D eigenvalue weighted by Gasteiger charge is -2.26. The molecule has 4 heteroatoms. The molecule has 0 bridgehead atoms. The van der Waals surface area contributed by atoms with E-state index >= 15 is 0 Å². The summed E-state index contributed by atoms with van der Waals surface area (Å²) in [5.74, 6) is 1.04. The van der Waals surface area contributed by atoms with Crippen LogP contribution in [-0.2, 0) is 11.3 Å². The summed E-state index contributed by atoms with van der Waals surface area (Å²) < 4.78 is 5.36. The Hall–Kier alpha value is -1.39. The lowest BCUT2D eigenvalue weighted by Crippen LogP contribution is -2.35.